The Morgan fingerprint density at radius 1 is 1.10 bits per heavy atom. The predicted octanol–water partition coefficient (Wildman–Crippen LogP) is 5.07. The maximum absolute atomic E-state index is 12.8. The van der Waals surface area contributed by atoms with Gasteiger partial charge in [-0.2, -0.15) is 13.2 Å². The largest absolute Gasteiger partial charge is 0.457 e. The van der Waals surface area contributed by atoms with E-state index in [-0.39, 0.29) is 5.91 Å². The Kier molecular flexibility index (Phi) is 5.39. The summed E-state index contributed by atoms with van der Waals surface area (Å²) >= 11 is 0. The van der Waals surface area contributed by atoms with Gasteiger partial charge in [0.1, 0.15) is 11.5 Å². The summed E-state index contributed by atoms with van der Waals surface area (Å²) < 4.78 is 44.0. The molecule has 1 heterocycles. The Labute approximate surface area is 172 Å². The average molecular weight is 414 g/mol. The highest BCUT2D eigenvalue weighted by molar-refractivity contribution is 6.00. The molecule has 1 aliphatic heterocycles. The van der Waals surface area contributed by atoms with Crippen molar-refractivity contribution in [1.82, 2.24) is 4.90 Å². The number of nitrogens with two attached hydrogens (primary N) is 1. The molecule has 1 atom stereocenters. The van der Waals surface area contributed by atoms with Gasteiger partial charge in [-0.3, -0.25) is 4.79 Å². The zero-order valence-corrected chi connectivity index (χ0v) is 16.2. The second kappa shape index (κ2) is 7.99. The van der Waals surface area contributed by atoms with E-state index in [4.69, 9.17) is 10.5 Å². The van der Waals surface area contributed by atoms with Crippen molar-refractivity contribution < 1.29 is 22.7 Å². The van der Waals surface area contributed by atoms with E-state index in [2.05, 4.69) is 0 Å². The quantitative estimate of drug-likeness (QED) is 0.648. The number of rotatable bonds is 4. The third kappa shape index (κ3) is 4.11. The van der Waals surface area contributed by atoms with Crippen LogP contribution in [0.25, 0.3) is 10.8 Å². The summed E-state index contributed by atoms with van der Waals surface area (Å²) in [5.74, 6) is 1.14. The number of likely N-dealkylation sites (tertiary alicyclic amines) is 1. The maximum Gasteiger partial charge on any atom is 0.416 e. The molecule has 30 heavy (non-hydrogen) atoms. The van der Waals surface area contributed by atoms with Crippen LogP contribution in [-0.4, -0.2) is 30.4 Å². The van der Waals surface area contributed by atoms with Gasteiger partial charge in [-0.1, -0.05) is 12.1 Å². The van der Waals surface area contributed by atoms with Gasteiger partial charge >= 0.3 is 6.18 Å². The number of carbonyl (C=O) groups excluding carboxylic acids is 1. The third-order valence-electron chi connectivity index (χ3n) is 5.40. The SMILES string of the molecule is NCC1CCN(C(=O)c2ccc3c(Oc4ccc(C(F)(F)F)cc4)cccc3c2)C1. The van der Waals surface area contributed by atoms with Gasteiger partial charge < -0.3 is 15.4 Å². The van der Waals surface area contributed by atoms with Crippen molar-refractivity contribution in [3.8, 4) is 11.5 Å². The minimum absolute atomic E-state index is 0.0260. The van der Waals surface area contributed by atoms with Crippen LogP contribution in [0, 0.1) is 5.92 Å². The molecule has 3 aromatic carbocycles. The highest BCUT2D eigenvalue weighted by Gasteiger charge is 2.30. The maximum atomic E-state index is 12.8. The van der Waals surface area contributed by atoms with Gasteiger partial charge in [0, 0.05) is 24.0 Å². The van der Waals surface area contributed by atoms with Gasteiger partial charge in [-0.15, -0.1) is 0 Å². The molecule has 3 aromatic rings. The van der Waals surface area contributed by atoms with Crippen molar-refractivity contribution in [2.75, 3.05) is 19.6 Å². The van der Waals surface area contributed by atoms with E-state index in [1.165, 1.54) is 12.1 Å². The Morgan fingerprint density at radius 2 is 1.87 bits per heavy atom. The van der Waals surface area contributed by atoms with Gasteiger partial charge in [-0.25, -0.2) is 0 Å². The van der Waals surface area contributed by atoms with Crippen molar-refractivity contribution in [3.05, 3.63) is 71.8 Å². The first kappa shape index (κ1) is 20.2. The van der Waals surface area contributed by atoms with Crippen LogP contribution in [0.4, 0.5) is 13.2 Å². The van der Waals surface area contributed by atoms with Gasteiger partial charge in [0.25, 0.3) is 5.91 Å². The fourth-order valence-electron chi connectivity index (χ4n) is 3.71. The Balaban J connectivity index is 1.56. The Hall–Kier alpha value is -3.06. The summed E-state index contributed by atoms with van der Waals surface area (Å²) in [5, 5.41) is 1.59. The highest BCUT2D eigenvalue weighted by atomic mass is 19.4. The molecule has 0 radical (unpaired) electrons. The van der Waals surface area contributed by atoms with E-state index in [0.29, 0.717) is 42.6 Å². The number of nitrogens with zero attached hydrogens (tertiary/aromatic N) is 1. The number of hydrogen-bond donors (Lipinski definition) is 1. The van der Waals surface area contributed by atoms with Gasteiger partial charge in [-0.05, 0) is 72.8 Å². The monoisotopic (exact) mass is 414 g/mol. The van der Waals surface area contributed by atoms with Crippen LogP contribution < -0.4 is 10.5 Å². The Morgan fingerprint density at radius 3 is 2.53 bits per heavy atom. The van der Waals surface area contributed by atoms with Crippen LogP contribution in [0.1, 0.15) is 22.3 Å². The van der Waals surface area contributed by atoms with Crippen molar-refractivity contribution >= 4 is 16.7 Å². The molecule has 0 aliphatic carbocycles. The predicted molar refractivity (Wildman–Crippen MR) is 109 cm³/mol. The van der Waals surface area contributed by atoms with Gasteiger partial charge in [0.15, 0.2) is 0 Å². The normalized spacial score (nSPS) is 16.8. The molecule has 1 fully saturated rings. The zero-order chi connectivity index (χ0) is 21.3. The zero-order valence-electron chi connectivity index (χ0n) is 16.2. The molecule has 2 N–H and O–H groups in total. The van der Waals surface area contributed by atoms with Gasteiger partial charge in [0.2, 0.25) is 0 Å². The van der Waals surface area contributed by atoms with Gasteiger partial charge in [0.05, 0.1) is 5.56 Å². The van der Waals surface area contributed by atoms with Crippen LogP contribution in [0.3, 0.4) is 0 Å². The molecule has 0 spiro atoms. The second-order valence-corrected chi connectivity index (χ2v) is 7.46. The van der Waals surface area contributed by atoms with E-state index in [9.17, 15) is 18.0 Å². The van der Waals surface area contributed by atoms with Crippen molar-refractivity contribution in [2.24, 2.45) is 11.7 Å². The highest BCUT2D eigenvalue weighted by Crippen LogP contribution is 2.34. The molecule has 0 saturated carbocycles. The molecule has 4 nitrogen and oxygen atoms in total. The number of carbonyl (C=O) groups is 1. The molecular formula is C23H21F3N2O2. The van der Waals surface area contributed by atoms with Crippen LogP contribution in [0.5, 0.6) is 11.5 Å². The molecule has 156 valence electrons. The van der Waals surface area contributed by atoms with E-state index in [1.807, 2.05) is 17.0 Å². The Bertz CT molecular complexity index is 1060. The number of fused-ring (bicyclic) bond motifs is 1. The van der Waals surface area contributed by atoms with Crippen LogP contribution in [0.15, 0.2) is 60.7 Å². The summed E-state index contributed by atoms with van der Waals surface area (Å²) in [7, 11) is 0. The number of amides is 1. The second-order valence-electron chi connectivity index (χ2n) is 7.46. The van der Waals surface area contributed by atoms with E-state index in [0.717, 1.165) is 29.3 Å². The molecule has 1 unspecified atom stereocenters. The minimum Gasteiger partial charge on any atom is -0.457 e. The van der Waals surface area contributed by atoms with Crippen molar-refractivity contribution in [3.63, 3.8) is 0 Å². The number of ether oxygens (including phenoxy) is 1. The number of alkyl halides is 3. The van der Waals surface area contributed by atoms with E-state index < -0.39 is 11.7 Å². The lowest BCUT2D eigenvalue weighted by Crippen LogP contribution is -2.29. The molecule has 1 saturated heterocycles. The molecule has 1 aliphatic rings. The smallest absolute Gasteiger partial charge is 0.416 e. The lowest BCUT2D eigenvalue weighted by Gasteiger charge is -2.17. The topological polar surface area (TPSA) is 55.6 Å². The van der Waals surface area contributed by atoms with Crippen LogP contribution in [0.2, 0.25) is 0 Å². The first-order valence-corrected chi connectivity index (χ1v) is 9.72. The fraction of sp³-hybridized carbons (Fsp3) is 0.261. The lowest BCUT2D eigenvalue weighted by atomic mass is 10.1. The number of benzene rings is 3. The van der Waals surface area contributed by atoms with Crippen molar-refractivity contribution in [1.29, 1.82) is 0 Å². The average Bonchev–Trinajstić information content (AvgIpc) is 3.22. The fourth-order valence-corrected chi connectivity index (χ4v) is 3.71. The molecule has 4 rings (SSSR count). The number of hydrogen-bond acceptors (Lipinski definition) is 3. The lowest BCUT2D eigenvalue weighted by molar-refractivity contribution is -0.137. The molecule has 7 heteroatoms. The van der Waals surface area contributed by atoms with E-state index >= 15 is 0 Å². The minimum atomic E-state index is -4.39. The third-order valence-corrected chi connectivity index (χ3v) is 5.40. The summed E-state index contributed by atoms with van der Waals surface area (Å²) in [6.45, 7) is 1.95. The summed E-state index contributed by atoms with van der Waals surface area (Å²) in [6, 6.07) is 15.3. The molecule has 1 amide bonds. The summed E-state index contributed by atoms with van der Waals surface area (Å²) in [6.07, 6.45) is -3.47. The number of halogens is 3. The van der Waals surface area contributed by atoms with Crippen LogP contribution in [-0.2, 0) is 6.18 Å². The molecule has 0 aromatic heterocycles. The van der Waals surface area contributed by atoms with E-state index in [1.54, 1.807) is 24.3 Å². The molecule has 0 bridgehead atoms. The molecular weight excluding hydrogens is 393 g/mol. The first-order chi connectivity index (χ1) is 14.3. The van der Waals surface area contributed by atoms with Crippen LogP contribution >= 0.6 is 0 Å². The summed E-state index contributed by atoms with van der Waals surface area (Å²) in [5.41, 5.74) is 5.57. The van der Waals surface area contributed by atoms with Crippen molar-refractivity contribution in [2.45, 2.75) is 12.6 Å². The standard InChI is InChI=1S/C23H21F3N2O2/c24-23(25,26)18-5-7-19(8-6-18)30-21-3-1-2-16-12-17(4-9-20(16)21)22(29)28-11-10-15(13-27)14-28/h1-9,12,15H,10-11,13-14,27H2. The summed E-state index contributed by atoms with van der Waals surface area (Å²) in [4.78, 5) is 14.6. The first-order valence-electron chi connectivity index (χ1n) is 9.72.